The molecule has 6 rings (SSSR count). The molecule has 0 aliphatic heterocycles. The molecule has 0 aromatic heterocycles. The molecule has 0 N–H and O–H groups in total. The van der Waals surface area contributed by atoms with Gasteiger partial charge in [-0.05, 0) is 36.8 Å². The van der Waals surface area contributed by atoms with Crippen LogP contribution in [-0.2, 0) is 20.8 Å². The monoisotopic (exact) mass is 740 g/mol. The molecule has 0 bridgehead atoms. The number of hydrogen-bond acceptors (Lipinski definition) is 0. The van der Waals surface area contributed by atoms with Crippen LogP contribution < -0.4 is 0 Å². The van der Waals surface area contributed by atoms with E-state index >= 15 is 0 Å². The fraction of sp³-hybridized carbons (Fsp3) is 0.286. The molecule has 0 nitrogen and oxygen atoms in total. The fourth-order valence-electron chi connectivity index (χ4n) is 5.84. The molecule has 6 aromatic carbocycles. The average Bonchev–Trinajstić information content (AvgIpc) is 3.71. The predicted molar refractivity (Wildman–Crippen MR) is 206 cm³/mol. The summed E-state index contributed by atoms with van der Waals surface area (Å²) >= 11 is -0.826. The maximum atomic E-state index is 4.93. The van der Waals surface area contributed by atoms with Crippen molar-refractivity contribution in [2.24, 2.45) is 0 Å². The molecule has 0 amide bonds. The number of halogens is 2. The summed E-state index contributed by atoms with van der Waals surface area (Å²) in [5.41, 5.74) is 11.0. The molecule has 2 unspecified atom stereocenters. The van der Waals surface area contributed by atoms with Gasteiger partial charge in [-0.3, -0.25) is 0 Å². The van der Waals surface area contributed by atoms with Gasteiger partial charge in [-0.1, -0.05) is 137 Å². The zero-order valence-corrected chi connectivity index (χ0v) is 33.7. The van der Waals surface area contributed by atoms with Crippen LogP contribution >= 0.6 is 17.0 Å². The van der Waals surface area contributed by atoms with Crippen molar-refractivity contribution < 1.29 is 20.8 Å². The van der Waals surface area contributed by atoms with Gasteiger partial charge in [-0.15, -0.1) is 69.1 Å². The first-order chi connectivity index (χ1) is 22.2. The maximum absolute atomic E-state index is 4.93. The van der Waals surface area contributed by atoms with Crippen molar-refractivity contribution >= 4 is 48.1 Å². The zero-order chi connectivity index (χ0) is 33.6. The van der Waals surface area contributed by atoms with E-state index in [1.165, 1.54) is 78.9 Å². The molecule has 0 fully saturated rings. The summed E-state index contributed by atoms with van der Waals surface area (Å²) in [7, 11) is 11.0. The Kier molecular flexibility index (Phi) is 16.3. The summed E-state index contributed by atoms with van der Waals surface area (Å²) in [6.45, 7) is 17.8. The molecule has 4 heteroatoms. The second-order valence-electron chi connectivity index (χ2n) is 12.0. The molecule has 0 aliphatic carbocycles. The molecule has 0 saturated carbocycles. The van der Waals surface area contributed by atoms with Crippen molar-refractivity contribution in [1.29, 1.82) is 0 Å². The fourth-order valence-corrected chi connectivity index (χ4v) is 5.84. The third kappa shape index (κ3) is 9.90. The van der Waals surface area contributed by atoms with E-state index in [-0.39, 0.29) is 0 Å². The minimum absolute atomic E-state index is 0.631. The summed E-state index contributed by atoms with van der Waals surface area (Å²) in [4.78, 5) is 0. The van der Waals surface area contributed by atoms with Crippen LogP contribution in [0.3, 0.4) is 0 Å². The normalized spacial score (nSPS) is 11.7. The Morgan fingerprint density at radius 2 is 0.935 bits per heavy atom. The van der Waals surface area contributed by atoms with Gasteiger partial charge < -0.3 is 0 Å². The van der Waals surface area contributed by atoms with Crippen molar-refractivity contribution in [3.8, 4) is 22.3 Å². The van der Waals surface area contributed by atoms with Crippen LogP contribution in [-0.4, -0.2) is 9.52 Å². The van der Waals surface area contributed by atoms with Crippen LogP contribution in [0.2, 0.25) is 13.1 Å². The number of aryl methyl sites for hydroxylation is 2. The van der Waals surface area contributed by atoms with Crippen LogP contribution in [0.5, 0.6) is 0 Å². The summed E-state index contributed by atoms with van der Waals surface area (Å²) in [6, 6.07) is 39.9. The van der Waals surface area contributed by atoms with Crippen LogP contribution in [0.1, 0.15) is 74.6 Å². The average molecular weight is 743 g/mol. The first-order valence-corrected chi connectivity index (χ1v) is 24.6. The molecule has 238 valence electrons. The van der Waals surface area contributed by atoms with Gasteiger partial charge in [-0.2, -0.15) is 12.1 Å². The third-order valence-corrected chi connectivity index (χ3v) is 8.73. The van der Waals surface area contributed by atoms with Gasteiger partial charge >= 0.3 is 37.9 Å². The van der Waals surface area contributed by atoms with Crippen molar-refractivity contribution in [3.63, 3.8) is 0 Å². The molecule has 6 aromatic rings. The van der Waals surface area contributed by atoms with Gasteiger partial charge in [0.15, 0.2) is 0 Å². The van der Waals surface area contributed by atoms with Crippen LogP contribution in [0.4, 0.5) is 0 Å². The Bertz CT molecular complexity index is 1620. The Hall–Kier alpha value is -2.22. The van der Waals surface area contributed by atoms with Gasteiger partial charge in [0.1, 0.15) is 0 Å². The Morgan fingerprint density at radius 3 is 1.24 bits per heavy atom. The molecule has 2 radical (unpaired) electrons. The zero-order valence-electron chi connectivity index (χ0n) is 28.7. The summed E-state index contributed by atoms with van der Waals surface area (Å²) in [5, 5.41) is 5.52. The van der Waals surface area contributed by atoms with Gasteiger partial charge in [-0.25, -0.2) is 0 Å². The molecular formula is C42H48Cl2SiZr. The first kappa shape index (κ1) is 38.2. The molecule has 0 spiro atoms. The molecule has 46 heavy (non-hydrogen) atoms. The minimum atomic E-state index is -0.826. The van der Waals surface area contributed by atoms with Crippen molar-refractivity contribution in [1.82, 2.24) is 0 Å². The van der Waals surface area contributed by atoms with E-state index < -0.39 is 20.8 Å². The van der Waals surface area contributed by atoms with E-state index in [0.717, 1.165) is 9.52 Å². The van der Waals surface area contributed by atoms with Crippen molar-refractivity contribution in [2.45, 2.75) is 79.3 Å². The van der Waals surface area contributed by atoms with E-state index in [2.05, 4.69) is 164 Å². The van der Waals surface area contributed by atoms with E-state index in [9.17, 15) is 0 Å². The van der Waals surface area contributed by atoms with Gasteiger partial charge in [0, 0.05) is 9.52 Å². The molecular weight excluding hydrogens is 695 g/mol. The standard InChI is InChI=1S/2C20H21.C2H6Si.2ClH.Zr/c2*1-4-14(2)18-12-17-11-10-15(3)20(19(17)13-18)16-8-6-5-7-9-16;1-3-2;;;/h2*5-14H,4H2,1-3H3;1-2H3;2*1H;/q2*-1;;;;+4/p-2. The number of rotatable bonds is 6. The van der Waals surface area contributed by atoms with E-state index in [1.54, 1.807) is 0 Å². The third-order valence-electron chi connectivity index (χ3n) is 8.73. The molecule has 0 aliphatic rings. The van der Waals surface area contributed by atoms with Crippen molar-refractivity contribution in [3.05, 3.63) is 131 Å². The number of hydrogen-bond donors (Lipinski definition) is 0. The second-order valence-corrected chi connectivity index (χ2v) is 16.8. The number of fused-ring (bicyclic) bond motifs is 2. The van der Waals surface area contributed by atoms with Crippen LogP contribution in [0, 0.1) is 13.8 Å². The van der Waals surface area contributed by atoms with E-state index in [0.29, 0.717) is 11.8 Å². The second kappa shape index (κ2) is 19.6. The summed E-state index contributed by atoms with van der Waals surface area (Å²) in [5.74, 6) is 1.26. The SMILES string of the molecule is CCC(C)c1cc2c(-c3ccccc3)c(C)ccc2[cH-]1.CCC(C)c1cc2c(-c3ccccc3)c(C)ccc2[cH-]1.C[Si]C.[Cl][Zr+2][Cl]. The molecule has 0 heterocycles. The van der Waals surface area contributed by atoms with E-state index in [1.807, 2.05) is 0 Å². The Labute approximate surface area is 299 Å². The van der Waals surface area contributed by atoms with Crippen LogP contribution in [0.15, 0.2) is 109 Å². The van der Waals surface area contributed by atoms with E-state index in [4.69, 9.17) is 17.0 Å². The Morgan fingerprint density at radius 1 is 0.609 bits per heavy atom. The first-order valence-electron chi connectivity index (χ1n) is 16.3. The Balaban J connectivity index is 0.000000214. The predicted octanol–water partition coefficient (Wildman–Crippen LogP) is 14.3. The van der Waals surface area contributed by atoms with Gasteiger partial charge in [0.05, 0.1) is 0 Å². The molecule has 2 atom stereocenters. The van der Waals surface area contributed by atoms with Crippen molar-refractivity contribution in [2.75, 3.05) is 0 Å². The quantitative estimate of drug-likeness (QED) is 0.118. The topological polar surface area (TPSA) is 0 Å². The van der Waals surface area contributed by atoms with Gasteiger partial charge in [0.2, 0.25) is 0 Å². The summed E-state index contributed by atoms with van der Waals surface area (Å²) < 4.78 is 0. The number of benzene rings is 4. The summed E-state index contributed by atoms with van der Waals surface area (Å²) in [6.07, 6.45) is 2.38. The molecule has 0 saturated heterocycles. The van der Waals surface area contributed by atoms with Gasteiger partial charge in [0.25, 0.3) is 0 Å². The van der Waals surface area contributed by atoms with Crippen LogP contribution in [0.25, 0.3) is 43.8 Å².